The van der Waals surface area contributed by atoms with Crippen molar-refractivity contribution in [3.8, 4) is 0 Å². The summed E-state index contributed by atoms with van der Waals surface area (Å²) in [6.45, 7) is 6.77. The number of primary amides is 1. The monoisotopic (exact) mass is 703 g/mol. The van der Waals surface area contributed by atoms with Gasteiger partial charge in [-0.3, -0.25) is 33.7 Å². The number of esters is 1. The van der Waals surface area contributed by atoms with E-state index in [1.807, 2.05) is 0 Å². The van der Waals surface area contributed by atoms with Gasteiger partial charge in [-0.1, -0.05) is 26.0 Å². The van der Waals surface area contributed by atoms with Crippen LogP contribution in [0.5, 0.6) is 0 Å². The molecule has 0 bridgehead atoms. The number of rotatable bonds is 25. The predicted octanol–water partition coefficient (Wildman–Crippen LogP) is 1.22. The number of ketones is 1. The Labute approximate surface area is 291 Å². The van der Waals surface area contributed by atoms with Crippen molar-refractivity contribution in [2.24, 2.45) is 17.6 Å². The fourth-order valence-electron chi connectivity index (χ4n) is 4.75. The molecule has 2 atom stereocenters. The molecule has 1 aromatic rings. The van der Waals surface area contributed by atoms with Crippen LogP contribution in [-0.2, 0) is 54.3 Å². The van der Waals surface area contributed by atoms with E-state index in [0.29, 0.717) is 12.1 Å². The smallest absolute Gasteiger partial charge is 0.312 e. The van der Waals surface area contributed by atoms with E-state index in [4.69, 9.17) is 24.7 Å². The number of benzene rings is 1. The summed E-state index contributed by atoms with van der Waals surface area (Å²) >= 11 is 0. The van der Waals surface area contributed by atoms with E-state index >= 15 is 0 Å². The van der Waals surface area contributed by atoms with E-state index in [1.165, 1.54) is 19.1 Å². The summed E-state index contributed by atoms with van der Waals surface area (Å²) in [5, 5.41) is 8.06. The minimum absolute atomic E-state index is 0.0125. The third-order valence-electron chi connectivity index (χ3n) is 7.42. The minimum atomic E-state index is -0.830. The fourth-order valence-corrected chi connectivity index (χ4v) is 4.75. The lowest BCUT2D eigenvalue weighted by Gasteiger charge is -2.24. The minimum Gasteiger partial charge on any atom is -0.461 e. The first-order valence-corrected chi connectivity index (χ1v) is 16.5. The van der Waals surface area contributed by atoms with Crippen LogP contribution in [0.15, 0.2) is 36.4 Å². The van der Waals surface area contributed by atoms with Gasteiger partial charge in [0.2, 0.25) is 11.8 Å². The lowest BCUT2D eigenvalue weighted by atomic mass is 9.89. The van der Waals surface area contributed by atoms with Crippen LogP contribution < -0.4 is 21.7 Å². The zero-order valence-corrected chi connectivity index (χ0v) is 28.9. The number of urea groups is 1. The van der Waals surface area contributed by atoms with Crippen LogP contribution in [0, 0.1) is 11.8 Å². The maximum Gasteiger partial charge on any atom is 0.312 e. The van der Waals surface area contributed by atoms with Gasteiger partial charge in [-0.25, -0.2) is 4.79 Å². The highest BCUT2D eigenvalue weighted by Crippen LogP contribution is 2.19. The van der Waals surface area contributed by atoms with E-state index in [2.05, 4.69) is 16.0 Å². The second-order valence-electron chi connectivity index (χ2n) is 11.8. The van der Waals surface area contributed by atoms with E-state index in [0.717, 1.165) is 10.5 Å². The van der Waals surface area contributed by atoms with Crippen molar-refractivity contribution in [1.82, 2.24) is 15.5 Å². The van der Waals surface area contributed by atoms with Crippen molar-refractivity contribution in [3.05, 3.63) is 42.0 Å². The molecule has 16 heteroatoms. The summed E-state index contributed by atoms with van der Waals surface area (Å²) in [4.78, 5) is 85.6. The second-order valence-corrected chi connectivity index (χ2v) is 11.8. The molecule has 1 aliphatic rings. The molecule has 1 aromatic carbocycles. The first-order valence-electron chi connectivity index (χ1n) is 16.5. The van der Waals surface area contributed by atoms with Gasteiger partial charge in [0.25, 0.3) is 11.8 Å². The molecular weight excluding hydrogens is 654 g/mol. The van der Waals surface area contributed by atoms with Crippen LogP contribution in [0.1, 0.15) is 52.0 Å². The van der Waals surface area contributed by atoms with Gasteiger partial charge in [0, 0.05) is 50.1 Å². The molecule has 0 saturated carbocycles. The van der Waals surface area contributed by atoms with Crippen molar-refractivity contribution < 1.29 is 52.5 Å². The molecule has 2 rings (SSSR count). The average molecular weight is 704 g/mol. The topological polar surface area (TPSA) is 222 Å². The average Bonchev–Trinajstić information content (AvgIpc) is 3.39. The van der Waals surface area contributed by atoms with Crippen LogP contribution in [0.25, 0.3) is 0 Å². The lowest BCUT2D eigenvalue weighted by Crippen LogP contribution is -2.45. The van der Waals surface area contributed by atoms with Crippen molar-refractivity contribution in [2.45, 2.75) is 59.1 Å². The molecule has 0 fully saturated rings. The molecule has 0 unspecified atom stereocenters. The number of hydrogen-bond donors (Lipinski definition) is 4. The quantitative estimate of drug-likeness (QED) is 0.0644. The number of carbonyl (C=O) groups is 7. The SMILES string of the molecule is CC(=O)OCc1ccc(NC(=O)[C@H](CCCNC(N)=O)CC(=O)[C@@H](NC(=O)CCOCCOCCOCCN2C(=O)C=CC2=O)C(C)C)cc1. The number of nitrogens with zero attached hydrogens (tertiary/aromatic N) is 1. The predicted molar refractivity (Wildman–Crippen MR) is 180 cm³/mol. The number of imide groups is 1. The van der Waals surface area contributed by atoms with Crippen LogP contribution in [-0.4, -0.2) is 105 Å². The summed E-state index contributed by atoms with van der Waals surface area (Å²) in [5.74, 6) is -3.20. The van der Waals surface area contributed by atoms with Crippen molar-refractivity contribution in [3.63, 3.8) is 0 Å². The molecule has 0 aromatic heterocycles. The van der Waals surface area contributed by atoms with Gasteiger partial charge in [-0.05, 0) is 36.5 Å². The van der Waals surface area contributed by atoms with Crippen LogP contribution in [0.3, 0.4) is 0 Å². The molecule has 0 radical (unpaired) electrons. The first kappa shape index (κ1) is 41.5. The molecule has 50 heavy (non-hydrogen) atoms. The Morgan fingerprint density at radius 3 is 2.04 bits per heavy atom. The highest BCUT2D eigenvalue weighted by molar-refractivity contribution is 6.12. The summed E-state index contributed by atoms with van der Waals surface area (Å²) < 4.78 is 21.2. The van der Waals surface area contributed by atoms with Crippen molar-refractivity contribution >= 4 is 47.1 Å². The van der Waals surface area contributed by atoms with Gasteiger partial charge in [0.15, 0.2) is 5.78 Å². The largest absolute Gasteiger partial charge is 0.461 e. The molecule has 0 aliphatic carbocycles. The fraction of sp³-hybridized carbons (Fsp3) is 0.559. The van der Waals surface area contributed by atoms with Gasteiger partial charge in [-0.2, -0.15) is 0 Å². The van der Waals surface area contributed by atoms with Gasteiger partial charge >= 0.3 is 12.0 Å². The Morgan fingerprint density at radius 1 is 0.860 bits per heavy atom. The Kier molecular flexibility index (Phi) is 19.0. The van der Waals surface area contributed by atoms with Gasteiger partial charge in [0.05, 0.1) is 52.2 Å². The molecule has 0 spiro atoms. The summed E-state index contributed by atoms with van der Waals surface area (Å²) in [6, 6.07) is 5.22. The molecule has 1 heterocycles. The van der Waals surface area contributed by atoms with Gasteiger partial charge in [0.1, 0.15) is 6.61 Å². The van der Waals surface area contributed by atoms with Crippen molar-refractivity contribution in [1.29, 1.82) is 0 Å². The molecule has 5 N–H and O–H groups in total. The van der Waals surface area contributed by atoms with E-state index < -0.39 is 29.9 Å². The number of hydrogen-bond acceptors (Lipinski definition) is 11. The number of anilines is 1. The number of nitrogens with two attached hydrogens (primary N) is 1. The third kappa shape index (κ3) is 16.6. The van der Waals surface area contributed by atoms with E-state index in [-0.39, 0.29) is 108 Å². The van der Waals surface area contributed by atoms with Gasteiger partial charge in [-0.15, -0.1) is 0 Å². The molecule has 6 amide bonds. The Bertz CT molecular complexity index is 1320. The standard InChI is InChI=1S/C34H49N5O11/c1-23(2)32(38-29(42)12-15-47-17-19-49-20-18-48-16-14-39-30(43)10-11-31(39)44)28(41)21-26(5-4-13-36-34(35)46)33(45)37-27-8-6-25(7-9-27)22-50-24(3)40/h6-11,23,26,32H,4-5,12-22H2,1-3H3,(H,37,45)(H,38,42)(H3,35,36,46)/t26-,32+/m1/s1. The highest BCUT2D eigenvalue weighted by atomic mass is 16.5. The molecular formula is C34H49N5O11. The van der Waals surface area contributed by atoms with Crippen molar-refractivity contribution in [2.75, 3.05) is 58.0 Å². The Morgan fingerprint density at radius 2 is 1.46 bits per heavy atom. The molecule has 1 aliphatic heterocycles. The number of ether oxygens (including phenoxy) is 4. The number of Topliss-reactive ketones (excluding diaryl/α,β-unsaturated/α-hetero) is 1. The summed E-state index contributed by atoms with van der Waals surface area (Å²) in [7, 11) is 0. The Balaban J connectivity index is 1.75. The van der Waals surface area contributed by atoms with E-state index in [1.54, 1.807) is 38.1 Å². The van der Waals surface area contributed by atoms with Crippen LogP contribution in [0.4, 0.5) is 10.5 Å². The molecule has 16 nitrogen and oxygen atoms in total. The van der Waals surface area contributed by atoms with Gasteiger partial charge < -0.3 is 40.6 Å². The van der Waals surface area contributed by atoms with Crippen LogP contribution in [0.2, 0.25) is 0 Å². The molecule has 0 saturated heterocycles. The molecule has 276 valence electrons. The summed E-state index contributed by atoms with van der Waals surface area (Å²) in [5.41, 5.74) is 6.37. The maximum absolute atomic E-state index is 13.4. The van der Waals surface area contributed by atoms with E-state index in [9.17, 15) is 33.6 Å². The maximum atomic E-state index is 13.4. The zero-order valence-electron chi connectivity index (χ0n) is 28.9. The number of nitrogens with one attached hydrogen (secondary N) is 3. The summed E-state index contributed by atoms with van der Waals surface area (Å²) in [6.07, 6.45) is 2.98. The lowest BCUT2D eigenvalue weighted by molar-refractivity contribution is -0.142. The van der Waals surface area contributed by atoms with Crippen LogP contribution >= 0.6 is 0 Å². The normalized spacial score (nSPS) is 13.6. The number of amides is 6. The highest BCUT2D eigenvalue weighted by Gasteiger charge is 2.29. The second kappa shape index (κ2) is 22.9. The zero-order chi connectivity index (χ0) is 36.9. The first-order chi connectivity index (χ1) is 23.9. The number of carbonyl (C=O) groups excluding carboxylic acids is 7. The Hall–Kier alpha value is -4.67. The third-order valence-corrected chi connectivity index (χ3v) is 7.42.